The molecule has 8 aromatic rings. The maximum Gasteiger partial charge on any atom is 0.0705 e. The summed E-state index contributed by atoms with van der Waals surface area (Å²) in [7, 11) is 0. The van der Waals surface area contributed by atoms with E-state index >= 15 is 0 Å². The van der Waals surface area contributed by atoms with Crippen LogP contribution >= 0.6 is 0 Å². The highest BCUT2D eigenvalue weighted by Gasteiger charge is 2.35. The van der Waals surface area contributed by atoms with E-state index in [9.17, 15) is 5.41 Å². The molecule has 0 saturated heterocycles. The van der Waals surface area contributed by atoms with Crippen LogP contribution in [0.3, 0.4) is 0 Å². The SMILES string of the molecule is CC1(C)c2ccccc2-c2cc(N(c3ccccc3)c3ccc(-c4cccc(C(=N)c5cc(-c6ccccc6)ccc5Nc5ccccc5)c4)cc3)ccc21. The molecule has 0 radical (unpaired) electrons. The van der Waals surface area contributed by atoms with E-state index in [2.05, 4.69) is 182 Å². The van der Waals surface area contributed by atoms with Gasteiger partial charge in [-0.05, 0) is 111 Å². The zero-order valence-electron chi connectivity index (χ0n) is 31.0. The van der Waals surface area contributed by atoms with Gasteiger partial charge in [-0.2, -0.15) is 0 Å². The molecule has 0 saturated carbocycles. The summed E-state index contributed by atoms with van der Waals surface area (Å²) >= 11 is 0. The lowest BCUT2D eigenvalue weighted by molar-refractivity contribution is 0.660. The van der Waals surface area contributed by atoms with Crippen LogP contribution in [0.2, 0.25) is 0 Å². The van der Waals surface area contributed by atoms with E-state index in [1.54, 1.807) is 0 Å². The van der Waals surface area contributed by atoms with Crippen LogP contribution in [-0.2, 0) is 5.41 Å². The number of benzene rings is 8. The van der Waals surface area contributed by atoms with Crippen molar-refractivity contribution >= 4 is 34.1 Å². The van der Waals surface area contributed by atoms with Gasteiger partial charge in [-0.3, -0.25) is 5.41 Å². The average Bonchev–Trinajstić information content (AvgIpc) is 3.47. The number of nitrogens with one attached hydrogen (secondary N) is 2. The van der Waals surface area contributed by atoms with E-state index < -0.39 is 0 Å². The summed E-state index contributed by atoms with van der Waals surface area (Å²) in [6.07, 6.45) is 0. The number of para-hydroxylation sites is 2. The maximum absolute atomic E-state index is 9.55. The largest absolute Gasteiger partial charge is 0.355 e. The summed E-state index contributed by atoms with van der Waals surface area (Å²) < 4.78 is 0. The standard InChI is InChI=1S/C52H41N3/c1-52(2)48-24-13-12-23-45(48)46-35-44(30-31-49(46)52)55(42-21-10-5-11-22-42)43-28-25-37(26-29-43)38-17-14-18-40(33-38)51(53)47-34-39(36-15-6-3-7-16-36)27-32-50(47)54-41-19-8-4-9-20-41/h3-35,53-54H,1-2H3. The fourth-order valence-corrected chi connectivity index (χ4v) is 8.03. The number of hydrogen-bond acceptors (Lipinski definition) is 3. The number of anilines is 5. The Kier molecular flexibility index (Phi) is 8.68. The van der Waals surface area contributed by atoms with Crippen LogP contribution in [0, 0.1) is 5.41 Å². The van der Waals surface area contributed by atoms with Gasteiger partial charge in [0, 0.05) is 45.0 Å². The molecule has 8 aromatic carbocycles. The topological polar surface area (TPSA) is 39.1 Å². The highest BCUT2D eigenvalue weighted by atomic mass is 15.1. The van der Waals surface area contributed by atoms with Gasteiger partial charge < -0.3 is 10.2 Å². The second-order valence-corrected chi connectivity index (χ2v) is 14.7. The van der Waals surface area contributed by atoms with E-state index in [0.717, 1.165) is 61.8 Å². The summed E-state index contributed by atoms with van der Waals surface area (Å²) in [6.45, 7) is 4.65. The van der Waals surface area contributed by atoms with Crippen molar-refractivity contribution in [3.05, 3.63) is 222 Å². The first kappa shape index (κ1) is 33.8. The molecule has 2 N–H and O–H groups in total. The van der Waals surface area contributed by atoms with Gasteiger partial charge in [0.2, 0.25) is 0 Å². The monoisotopic (exact) mass is 707 g/mol. The zero-order chi connectivity index (χ0) is 37.4. The molecule has 0 atom stereocenters. The number of rotatable bonds is 9. The molecule has 0 spiro atoms. The van der Waals surface area contributed by atoms with E-state index in [1.165, 1.54) is 22.3 Å². The molecule has 3 nitrogen and oxygen atoms in total. The van der Waals surface area contributed by atoms with Gasteiger partial charge >= 0.3 is 0 Å². The third kappa shape index (κ3) is 6.40. The molecule has 55 heavy (non-hydrogen) atoms. The lowest BCUT2D eigenvalue weighted by Crippen LogP contribution is -2.15. The van der Waals surface area contributed by atoms with Crippen LogP contribution in [0.5, 0.6) is 0 Å². The first-order chi connectivity index (χ1) is 26.9. The molecule has 1 aliphatic rings. The Balaban J connectivity index is 1.06. The summed E-state index contributed by atoms with van der Waals surface area (Å²) in [6, 6.07) is 70.3. The summed E-state index contributed by atoms with van der Waals surface area (Å²) in [5, 5.41) is 13.1. The van der Waals surface area contributed by atoms with E-state index in [4.69, 9.17) is 0 Å². The van der Waals surface area contributed by atoms with Crippen LogP contribution in [0.4, 0.5) is 28.4 Å². The van der Waals surface area contributed by atoms with Crippen LogP contribution in [-0.4, -0.2) is 5.71 Å². The number of nitrogens with zero attached hydrogens (tertiary/aromatic N) is 1. The van der Waals surface area contributed by atoms with Crippen molar-refractivity contribution in [1.29, 1.82) is 5.41 Å². The van der Waals surface area contributed by atoms with Crippen molar-refractivity contribution < 1.29 is 0 Å². The van der Waals surface area contributed by atoms with Crippen molar-refractivity contribution in [1.82, 2.24) is 0 Å². The van der Waals surface area contributed by atoms with Crippen molar-refractivity contribution in [2.75, 3.05) is 10.2 Å². The second kappa shape index (κ2) is 14.1. The van der Waals surface area contributed by atoms with E-state index in [1.807, 2.05) is 42.5 Å². The van der Waals surface area contributed by atoms with Gasteiger partial charge in [-0.25, -0.2) is 0 Å². The molecule has 0 unspecified atom stereocenters. The van der Waals surface area contributed by atoms with Crippen LogP contribution in [0.25, 0.3) is 33.4 Å². The molecule has 0 bridgehead atoms. The third-order valence-corrected chi connectivity index (χ3v) is 10.9. The number of fused-ring (bicyclic) bond motifs is 3. The van der Waals surface area contributed by atoms with Crippen molar-refractivity contribution in [2.24, 2.45) is 0 Å². The molecule has 0 aliphatic heterocycles. The minimum atomic E-state index is -0.0424. The van der Waals surface area contributed by atoms with Crippen molar-refractivity contribution in [3.63, 3.8) is 0 Å². The first-order valence-corrected chi connectivity index (χ1v) is 18.8. The van der Waals surface area contributed by atoms with Crippen molar-refractivity contribution in [2.45, 2.75) is 19.3 Å². The molecule has 0 aromatic heterocycles. The van der Waals surface area contributed by atoms with Gasteiger partial charge in [0.25, 0.3) is 0 Å². The fraction of sp³-hybridized carbons (Fsp3) is 0.0577. The zero-order valence-corrected chi connectivity index (χ0v) is 31.0. The van der Waals surface area contributed by atoms with Crippen LogP contribution in [0.1, 0.15) is 36.1 Å². The summed E-state index contributed by atoms with van der Waals surface area (Å²) in [5.41, 5.74) is 17.0. The van der Waals surface area contributed by atoms with E-state index in [0.29, 0.717) is 5.71 Å². The molecule has 264 valence electrons. The predicted molar refractivity (Wildman–Crippen MR) is 232 cm³/mol. The minimum Gasteiger partial charge on any atom is -0.355 e. The lowest BCUT2D eigenvalue weighted by atomic mass is 9.82. The smallest absolute Gasteiger partial charge is 0.0705 e. The second-order valence-electron chi connectivity index (χ2n) is 14.7. The Hall–Kier alpha value is -6.97. The average molecular weight is 708 g/mol. The van der Waals surface area contributed by atoms with Crippen molar-refractivity contribution in [3.8, 4) is 33.4 Å². The van der Waals surface area contributed by atoms with E-state index in [-0.39, 0.29) is 5.41 Å². The molecule has 0 fully saturated rings. The first-order valence-electron chi connectivity index (χ1n) is 18.8. The molecular formula is C52H41N3. The Morgan fingerprint density at radius 1 is 0.455 bits per heavy atom. The lowest BCUT2D eigenvalue weighted by Gasteiger charge is -2.27. The van der Waals surface area contributed by atoms with Crippen LogP contribution < -0.4 is 10.2 Å². The predicted octanol–water partition coefficient (Wildman–Crippen LogP) is 14.0. The van der Waals surface area contributed by atoms with Gasteiger partial charge in [-0.15, -0.1) is 0 Å². The Bertz CT molecular complexity index is 2640. The fourth-order valence-electron chi connectivity index (χ4n) is 8.03. The summed E-state index contributed by atoms with van der Waals surface area (Å²) in [4.78, 5) is 2.34. The molecule has 9 rings (SSSR count). The third-order valence-electron chi connectivity index (χ3n) is 10.9. The van der Waals surface area contributed by atoms with Gasteiger partial charge in [0.15, 0.2) is 0 Å². The molecule has 0 amide bonds. The highest BCUT2D eigenvalue weighted by Crippen LogP contribution is 2.50. The van der Waals surface area contributed by atoms with Gasteiger partial charge in [0.1, 0.15) is 0 Å². The molecule has 1 aliphatic carbocycles. The van der Waals surface area contributed by atoms with Crippen LogP contribution in [0.15, 0.2) is 200 Å². The van der Waals surface area contributed by atoms with Gasteiger partial charge in [-0.1, -0.05) is 147 Å². The van der Waals surface area contributed by atoms with Gasteiger partial charge in [0.05, 0.1) is 5.71 Å². The Morgan fingerprint density at radius 3 is 1.78 bits per heavy atom. The minimum absolute atomic E-state index is 0.0424. The normalized spacial score (nSPS) is 12.4. The Morgan fingerprint density at radius 2 is 1.02 bits per heavy atom. The molecule has 0 heterocycles. The highest BCUT2D eigenvalue weighted by molar-refractivity contribution is 6.15. The quantitative estimate of drug-likeness (QED) is 0.147. The summed E-state index contributed by atoms with van der Waals surface area (Å²) in [5.74, 6) is 0. The molecule has 3 heteroatoms. The maximum atomic E-state index is 9.55. The Labute approximate surface area is 323 Å². The molecular weight excluding hydrogens is 667 g/mol. The number of hydrogen-bond donors (Lipinski definition) is 2.